The Balaban J connectivity index is 2.28. The first-order valence-corrected chi connectivity index (χ1v) is 6.61. The predicted molar refractivity (Wildman–Crippen MR) is 77.0 cm³/mol. The highest BCUT2D eigenvalue weighted by Crippen LogP contribution is 2.33. The summed E-state index contributed by atoms with van der Waals surface area (Å²) in [4.78, 5) is 12.0. The molecule has 2 N–H and O–H groups in total. The molecule has 0 amide bonds. The molecule has 3 heteroatoms. The van der Waals surface area contributed by atoms with Gasteiger partial charge in [-0.15, -0.1) is 0 Å². The second kappa shape index (κ2) is 5.17. The van der Waals surface area contributed by atoms with E-state index in [0.29, 0.717) is 6.42 Å². The van der Waals surface area contributed by atoms with Crippen LogP contribution in [0.15, 0.2) is 42.0 Å². The molecule has 0 saturated heterocycles. The van der Waals surface area contributed by atoms with E-state index in [4.69, 9.17) is 0 Å². The van der Waals surface area contributed by atoms with E-state index in [9.17, 15) is 9.90 Å². The van der Waals surface area contributed by atoms with E-state index in [0.717, 1.165) is 11.3 Å². The highest BCUT2D eigenvalue weighted by molar-refractivity contribution is 5.95. The molecule has 102 valence electrons. The van der Waals surface area contributed by atoms with Gasteiger partial charge in [-0.05, 0) is 24.6 Å². The third-order valence-corrected chi connectivity index (χ3v) is 3.73. The smallest absolute Gasteiger partial charge is 0.158 e. The Labute approximate surface area is 114 Å². The molecule has 0 bridgehead atoms. The fourth-order valence-electron chi connectivity index (χ4n) is 2.44. The van der Waals surface area contributed by atoms with Crippen molar-refractivity contribution in [3.8, 4) is 0 Å². The Kier molecular flexibility index (Phi) is 3.76. The number of anilines is 1. The lowest BCUT2D eigenvalue weighted by molar-refractivity contribution is -0.118. The number of Topliss-reactive ketones (excluding diaryl/α,β-unsaturated/α-hetero) is 1. The van der Waals surface area contributed by atoms with Gasteiger partial charge in [0.05, 0.1) is 12.1 Å². The molecule has 2 atom stereocenters. The number of aliphatic hydroxyl groups is 1. The van der Waals surface area contributed by atoms with Crippen LogP contribution in [0.1, 0.15) is 27.2 Å². The van der Waals surface area contributed by atoms with Gasteiger partial charge < -0.3 is 10.4 Å². The molecule has 19 heavy (non-hydrogen) atoms. The minimum atomic E-state index is -0.603. The second-order valence-electron chi connectivity index (χ2n) is 5.92. The zero-order chi connectivity index (χ0) is 14.0. The normalized spacial score (nSPS) is 26.5. The highest BCUT2D eigenvalue weighted by atomic mass is 16.3. The minimum Gasteiger partial charge on any atom is -0.390 e. The maximum Gasteiger partial charge on any atom is 0.158 e. The maximum atomic E-state index is 12.0. The van der Waals surface area contributed by atoms with Crippen LogP contribution in [-0.2, 0) is 4.79 Å². The number of nitrogens with one attached hydrogen (secondary N) is 1. The third-order valence-electron chi connectivity index (χ3n) is 3.73. The Morgan fingerprint density at radius 2 is 1.89 bits per heavy atom. The predicted octanol–water partition coefficient (Wildman–Crippen LogP) is 2.77. The number of hydrogen-bond donors (Lipinski definition) is 2. The minimum absolute atomic E-state index is 0.112. The van der Waals surface area contributed by atoms with Crippen molar-refractivity contribution < 1.29 is 9.90 Å². The lowest BCUT2D eigenvalue weighted by Gasteiger charge is -2.33. The number of carbonyl (C=O) groups excluding carboxylic acids is 1. The van der Waals surface area contributed by atoms with E-state index >= 15 is 0 Å². The summed E-state index contributed by atoms with van der Waals surface area (Å²) < 4.78 is 0. The SMILES string of the molecule is CC1=CC(Nc2ccccc2)C(O)C(C)(C)CC1=O. The van der Waals surface area contributed by atoms with Crippen molar-refractivity contribution in [1.29, 1.82) is 0 Å². The molecule has 3 nitrogen and oxygen atoms in total. The fraction of sp³-hybridized carbons (Fsp3) is 0.438. The number of para-hydroxylation sites is 1. The Hall–Kier alpha value is -1.61. The van der Waals surface area contributed by atoms with Crippen molar-refractivity contribution in [2.75, 3.05) is 5.32 Å². The number of benzene rings is 1. The van der Waals surface area contributed by atoms with Crippen LogP contribution in [0.25, 0.3) is 0 Å². The average molecular weight is 259 g/mol. The van der Waals surface area contributed by atoms with Crippen molar-refractivity contribution >= 4 is 11.5 Å². The summed E-state index contributed by atoms with van der Waals surface area (Å²) in [6.45, 7) is 5.68. The number of hydrogen-bond acceptors (Lipinski definition) is 3. The van der Waals surface area contributed by atoms with Crippen molar-refractivity contribution in [3.63, 3.8) is 0 Å². The first-order chi connectivity index (χ1) is 8.90. The van der Waals surface area contributed by atoms with E-state index in [-0.39, 0.29) is 11.8 Å². The monoisotopic (exact) mass is 259 g/mol. The summed E-state index contributed by atoms with van der Waals surface area (Å²) in [5.41, 5.74) is 1.23. The van der Waals surface area contributed by atoms with Gasteiger partial charge >= 0.3 is 0 Å². The van der Waals surface area contributed by atoms with Crippen molar-refractivity contribution in [3.05, 3.63) is 42.0 Å². The van der Waals surface area contributed by atoms with Crippen LogP contribution in [0.5, 0.6) is 0 Å². The first kappa shape index (κ1) is 13.8. The Morgan fingerprint density at radius 3 is 2.53 bits per heavy atom. The topological polar surface area (TPSA) is 49.3 Å². The number of aliphatic hydroxyl groups excluding tert-OH is 1. The third kappa shape index (κ3) is 3.04. The van der Waals surface area contributed by atoms with Crippen molar-refractivity contribution in [2.24, 2.45) is 5.41 Å². The van der Waals surface area contributed by atoms with Crippen LogP contribution < -0.4 is 5.32 Å². The first-order valence-electron chi connectivity index (χ1n) is 6.61. The van der Waals surface area contributed by atoms with Crippen LogP contribution in [-0.4, -0.2) is 23.0 Å². The molecule has 0 heterocycles. The molecule has 0 saturated carbocycles. The van der Waals surface area contributed by atoms with E-state index in [1.807, 2.05) is 57.2 Å². The van der Waals surface area contributed by atoms with E-state index in [1.54, 1.807) is 0 Å². The second-order valence-corrected chi connectivity index (χ2v) is 5.92. The molecule has 0 spiro atoms. The quantitative estimate of drug-likeness (QED) is 0.858. The Bertz CT molecular complexity index is 491. The van der Waals surface area contributed by atoms with E-state index in [2.05, 4.69) is 5.32 Å². The van der Waals surface area contributed by atoms with Crippen molar-refractivity contribution in [1.82, 2.24) is 0 Å². The van der Waals surface area contributed by atoms with Gasteiger partial charge in [0.2, 0.25) is 0 Å². The molecule has 2 rings (SSSR count). The van der Waals surface area contributed by atoms with Gasteiger partial charge in [0, 0.05) is 17.5 Å². The molecule has 2 unspecified atom stereocenters. The van der Waals surface area contributed by atoms with Gasteiger partial charge in [-0.1, -0.05) is 38.1 Å². The molecule has 1 aliphatic carbocycles. The van der Waals surface area contributed by atoms with Gasteiger partial charge in [-0.3, -0.25) is 4.79 Å². The van der Waals surface area contributed by atoms with E-state index < -0.39 is 11.5 Å². The van der Waals surface area contributed by atoms with Crippen LogP contribution in [0, 0.1) is 5.41 Å². The summed E-state index contributed by atoms with van der Waals surface area (Å²) in [5, 5.41) is 13.8. The molecule has 1 aliphatic rings. The molecule has 0 fully saturated rings. The molecular formula is C16H21NO2. The zero-order valence-electron chi connectivity index (χ0n) is 11.7. The molecular weight excluding hydrogens is 238 g/mol. The summed E-state index contributed by atoms with van der Waals surface area (Å²) in [6, 6.07) is 9.49. The van der Waals surface area contributed by atoms with Gasteiger partial charge in [-0.2, -0.15) is 0 Å². The molecule has 1 aromatic carbocycles. The molecule has 0 radical (unpaired) electrons. The zero-order valence-corrected chi connectivity index (χ0v) is 11.7. The standard InChI is InChI=1S/C16H21NO2/c1-11-9-13(17-12-7-5-4-6-8-12)15(19)16(2,3)10-14(11)18/h4-9,13,15,17,19H,10H2,1-3H3. The van der Waals surface area contributed by atoms with Crippen LogP contribution in [0.4, 0.5) is 5.69 Å². The Morgan fingerprint density at radius 1 is 1.26 bits per heavy atom. The summed E-state index contributed by atoms with van der Waals surface area (Å²) in [5.74, 6) is 0.112. The molecule has 0 aromatic heterocycles. The fourth-order valence-corrected chi connectivity index (χ4v) is 2.44. The van der Waals surface area contributed by atoms with Gasteiger partial charge in [-0.25, -0.2) is 0 Å². The van der Waals surface area contributed by atoms with Gasteiger partial charge in [0.15, 0.2) is 5.78 Å². The van der Waals surface area contributed by atoms with Crippen LogP contribution in [0.2, 0.25) is 0 Å². The van der Waals surface area contributed by atoms with Crippen LogP contribution in [0.3, 0.4) is 0 Å². The van der Waals surface area contributed by atoms with E-state index in [1.165, 1.54) is 0 Å². The van der Waals surface area contributed by atoms with Gasteiger partial charge in [0.1, 0.15) is 0 Å². The number of allylic oxidation sites excluding steroid dienone is 1. The number of ketones is 1. The van der Waals surface area contributed by atoms with Gasteiger partial charge in [0.25, 0.3) is 0 Å². The average Bonchev–Trinajstić information content (AvgIpc) is 2.43. The largest absolute Gasteiger partial charge is 0.390 e. The number of carbonyl (C=O) groups is 1. The molecule has 1 aromatic rings. The number of rotatable bonds is 2. The highest BCUT2D eigenvalue weighted by Gasteiger charge is 2.38. The summed E-state index contributed by atoms with van der Waals surface area (Å²) >= 11 is 0. The lowest BCUT2D eigenvalue weighted by Crippen LogP contribution is -2.42. The summed E-state index contributed by atoms with van der Waals surface area (Å²) in [7, 11) is 0. The summed E-state index contributed by atoms with van der Waals surface area (Å²) in [6.07, 6.45) is 1.62. The molecule has 0 aliphatic heterocycles. The lowest BCUT2D eigenvalue weighted by atomic mass is 9.80. The maximum absolute atomic E-state index is 12.0. The van der Waals surface area contributed by atoms with Crippen LogP contribution >= 0.6 is 0 Å². The van der Waals surface area contributed by atoms with Crippen molar-refractivity contribution in [2.45, 2.75) is 39.3 Å².